The Bertz CT molecular complexity index is 594. The van der Waals surface area contributed by atoms with E-state index in [2.05, 4.69) is 0 Å². The van der Waals surface area contributed by atoms with Gasteiger partial charge < -0.3 is 4.74 Å². The molecule has 0 bridgehead atoms. The van der Waals surface area contributed by atoms with Gasteiger partial charge in [-0.2, -0.15) is 0 Å². The second-order valence-corrected chi connectivity index (χ2v) is 5.39. The molecule has 0 aliphatic carbocycles. The first-order chi connectivity index (χ1) is 9.13. The Labute approximate surface area is 117 Å². The first kappa shape index (κ1) is 12.5. The average molecular weight is 277 g/mol. The van der Waals surface area contributed by atoms with E-state index >= 15 is 0 Å². The van der Waals surface area contributed by atoms with E-state index in [4.69, 9.17) is 16.3 Å². The zero-order chi connectivity index (χ0) is 13.4. The van der Waals surface area contributed by atoms with Crippen LogP contribution in [0.3, 0.4) is 0 Å². The average Bonchev–Trinajstić information content (AvgIpc) is 2.39. The largest absolute Gasteiger partial charge is 0.490 e. The third kappa shape index (κ3) is 2.45. The second-order valence-electron chi connectivity index (χ2n) is 4.95. The lowest BCUT2D eigenvalue weighted by atomic mass is 9.84. The van der Waals surface area contributed by atoms with E-state index in [1.54, 1.807) is 12.1 Å². The Morgan fingerprint density at radius 1 is 1.16 bits per heavy atom. The number of hydrogen-bond donors (Lipinski definition) is 0. The third-order valence-electron chi connectivity index (χ3n) is 3.52. The van der Waals surface area contributed by atoms with Gasteiger partial charge in [0.05, 0.1) is 6.10 Å². The van der Waals surface area contributed by atoms with Crippen LogP contribution in [0.5, 0.6) is 5.75 Å². The fraction of sp³-hybridized carbons (Fsp3) is 0.250. The predicted octanol–water partition coefficient (Wildman–Crippen LogP) is 4.78. The maximum Gasteiger partial charge on any atom is 0.123 e. The molecule has 0 amide bonds. The monoisotopic (exact) mass is 276 g/mol. The van der Waals surface area contributed by atoms with E-state index < -0.39 is 0 Å². The van der Waals surface area contributed by atoms with Gasteiger partial charge in [-0.1, -0.05) is 23.7 Å². The van der Waals surface area contributed by atoms with Gasteiger partial charge in [-0.15, -0.1) is 0 Å². The number of benzene rings is 2. The topological polar surface area (TPSA) is 9.23 Å². The van der Waals surface area contributed by atoms with E-state index in [9.17, 15) is 4.39 Å². The quantitative estimate of drug-likeness (QED) is 0.728. The van der Waals surface area contributed by atoms with Crippen molar-refractivity contribution >= 4 is 11.6 Å². The molecule has 1 aliphatic heterocycles. The van der Waals surface area contributed by atoms with Gasteiger partial charge in [0.15, 0.2) is 0 Å². The van der Waals surface area contributed by atoms with E-state index in [-0.39, 0.29) is 17.8 Å². The van der Waals surface area contributed by atoms with Gasteiger partial charge >= 0.3 is 0 Å². The molecule has 3 heteroatoms. The Morgan fingerprint density at radius 2 is 1.89 bits per heavy atom. The summed E-state index contributed by atoms with van der Waals surface area (Å²) >= 11 is 5.92. The zero-order valence-corrected chi connectivity index (χ0v) is 11.3. The first-order valence-electron chi connectivity index (χ1n) is 6.35. The predicted molar refractivity (Wildman–Crippen MR) is 74.4 cm³/mol. The van der Waals surface area contributed by atoms with Crippen LogP contribution in [0.15, 0.2) is 42.5 Å². The van der Waals surface area contributed by atoms with Gasteiger partial charge in [0.2, 0.25) is 0 Å². The molecule has 2 atom stereocenters. The molecule has 3 rings (SSSR count). The standard InChI is InChI=1S/C16H14ClFO/c1-10-8-14(11-2-4-12(17)5-3-11)15-9-13(18)6-7-16(15)19-10/h2-7,9-10,14H,8H2,1H3. The van der Waals surface area contributed by atoms with Gasteiger partial charge in [-0.25, -0.2) is 4.39 Å². The van der Waals surface area contributed by atoms with Crippen LogP contribution in [0.1, 0.15) is 30.4 Å². The number of hydrogen-bond acceptors (Lipinski definition) is 1. The summed E-state index contributed by atoms with van der Waals surface area (Å²) in [6, 6.07) is 12.5. The number of fused-ring (bicyclic) bond motifs is 1. The molecule has 1 nitrogen and oxygen atoms in total. The van der Waals surface area contributed by atoms with Crippen LogP contribution in [0.4, 0.5) is 4.39 Å². The van der Waals surface area contributed by atoms with Crippen LogP contribution in [0.25, 0.3) is 0 Å². The van der Waals surface area contributed by atoms with Crippen molar-refractivity contribution in [2.75, 3.05) is 0 Å². The van der Waals surface area contributed by atoms with Crippen LogP contribution in [-0.4, -0.2) is 6.10 Å². The van der Waals surface area contributed by atoms with Crippen molar-refractivity contribution < 1.29 is 9.13 Å². The van der Waals surface area contributed by atoms with E-state index in [1.807, 2.05) is 31.2 Å². The van der Waals surface area contributed by atoms with Crippen molar-refractivity contribution in [1.29, 1.82) is 0 Å². The lowest BCUT2D eigenvalue weighted by molar-refractivity contribution is 0.183. The van der Waals surface area contributed by atoms with Gasteiger partial charge in [0.25, 0.3) is 0 Å². The molecule has 0 radical (unpaired) electrons. The van der Waals surface area contributed by atoms with Crippen LogP contribution < -0.4 is 4.74 Å². The number of ether oxygens (including phenoxy) is 1. The molecular formula is C16H14ClFO. The summed E-state index contributed by atoms with van der Waals surface area (Å²) < 4.78 is 19.2. The normalized spacial score (nSPS) is 21.6. The molecule has 0 fully saturated rings. The molecule has 2 unspecified atom stereocenters. The lowest BCUT2D eigenvalue weighted by Gasteiger charge is -2.30. The van der Waals surface area contributed by atoms with Gasteiger partial charge in [0, 0.05) is 16.5 Å². The molecule has 2 aromatic carbocycles. The Balaban J connectivity index is 2.07. The summed E-state index contributed by atoms with van der Waals surface area (Å²) in [6.07, 6.45) is 0.969. The van der Waals surface area contributed by atoms with Crippen molar-refractivity contribution in [3.05, 3.63) is 64.4 Å². The molecule has 0 N–H and O–H groups in total. The molecule has 0 aromatic heterocycles. The van der Waals surface area contributed by atoms with Gasteiger partial charge in [0.1, 0.15) is 11.6 Å². The van der Waals surface area contributed by atoms with Crippen molar-refractivity contribution in [1.82, 2.24) is 0 Å². The highest BCUT2D eigenvalue weighted by molar-refractivity contribution is 6.30. The van der Waals surface area contributed by atoms with E-state index in [0.717, 1.165) is 23.3 Å². The summed E-state index contributed by atoms with van der Waals surface area (Å²) in [7, 11) is 0. The fourth-order valence-corrected chi connectivity index (χ4v) is 2.76. The summed E-state index contributed by atoms with van der Waals surface area (Å²) in [5, 5.41) is 0.711. The lowest BCUT2D eigenvalue weighted by Crippen LogP contribution is -2.23. The minimum absolute atomic E-state index is 0.124. The van der Waals surface area contributed by atoms with Gasteiger partial charge in [-0.3, -0.25) is 0 Å². The molecule has 1 aliphatic rings. The van der Waals surface area contributed by atoms with Crippen molar-refractivity contribution in [3.8, 4) is 5.75 Å². The SMILES string of the molecule is CC1CC(c2ccc(Cl)cc2)c2cc(F)ccc2O1. The number of rotatable bonds is 1. The fourth-order valence-electron chi connectivity index (χ4n) is 2.63. The Hall–Kier alpha value is -1.54. The Kier molecular flexibility index (Phi) is 3.19. The van der Waals surface area contributed by atoms with Crippen molar-refractivity contribution in [2.24, 2.45) is 0 Å². The molecular weight excluding hydrogens is 263 g/mol. The van der Waals surface area contributed by atoms with Crippen LogP contribution in [0, 0.1) is 5.82 Å². The Morgan fingerprint density at radius 3 is 2.63 bits per heavy atom. The van der Waals surface area contributed by atoms with Crippen molar-refractivity contribution in [2.45, 2.75) is 25.4 Å². The molecule has 0 saturated carbocycles. The van der Waals surface area contributed by atoms with Crippen molar-refractivity contribution in [3.63, 3.8) is 0 Å². The smallest absolute Gasteiger partial charge is 0.123 e. The van der Waals surface area contributed by atoms with Crippen LogP contribution in [0.2, 0.25) is 5.02 Å². The van der Waals surface area contributed by atoms with E-state index in [0.29, 0.717) is 5.02 Å². The summed E-state index contributed by atoms with van der Waals surface area (Å²) in [6.45, 7) is 2.04. The zero-order valence-electron chi connectivity index (χ0n) is 10.6. The highest BCUT2D eigenvalue weighted by Gasteiger charge is 2.27. The molecule has 0 saturated heterocycles. The van der Waals surface area contributed by atoms with Gasteiger partial charge in [-0.05, 0) is 49.2 Å². The molecule has 19 heavy (non-hydrogen) atoms. The number of halogens is 2. The summed E-state index contributed by atoms with van der Waals surface area (Å²) in [4.78, 5) is 0. The molecule has 1 heterocycles. The summed E-state index contributed by atoms with van der Waals surface area (Å²) in [5.41, 5.74) is 2.06. The second kappa shape index (κ2) is 4.86. The highest BCUT2D eigenvalue weighted by atomic mass is 35.5. The molecule has 2 aromatic rings. The first-order valence-corrected chi connectivity index (χ1v) is 6.73. The molecule has 0 spiro atoms. The maximum absolute atomic E-state index is 13.5. The van der Waals surface area contributed by atoms with Crippen LogP contribution in [-0.2, 0) is 0 Å². The molecule has 98 valence electrons. The van der Waals surface area contributed by atoms with Crippen LogP contribution >= 0.6 is 11.6 Å². The highest BCUT2D eigenvalue weighted by Crippen LogP contribution is 2.40. The summed E-state index contributed by atoms with van der Waals surface area (Å²) in [5.74, 6) is 0.711. The minimum Gasteiger partial charge on any atom is -0.490 e. The maximum atomic E-state index is 13.5. The van der Waals surface area contributed by atoms with E-state index in [1.165, 1.54) is 6.07 Å². The minimum atomic E-state index is -0.226. The third-order valence-corrected chi connectivity index (χ3v) is 3.77.